The number of nitrogens with one attached hydrogen (secondary N) is 1. The van der Waals surface area contributed by atoms with Crippen molar-refractivity contribution < 1.29 is 30.7 Å². The Morgan fingerprint density at radius 1 is 1.03 bits per heavy atom. The van der Waals surface area contributed by atoms with E-state index in [0.29, 0.717) is 47.6 Å². The van der Waals surface area contributed by atoms with Crippen molar-refractivity contribution in [3.05, 3.63) is 53.1 Å². The zero-order valence-electron chi connectivity index (χ0n) is 21.2. The molecule has 2 aromatic carbocycles. The van der Waals surface area contributed by atoms with E-state index in [9.17, 15) is 22.0 Å². The quantitative estimate of drug-likeness (QED) is 0.331. The topological polar surface area (TPSA) is 111 Å². The number of nitrogens with zero attached hydrogens (tertiary/aromatic N) is 2. The van der Waals surface area contributed by atoms with Gasteiger partial charge in [-0.3, -0.25) is 9.35 Å². The summed E-state index contributed by atoms with van der Waals surface area (Å²) in [5.74, 6) is -1.92. The lowest BCUT2D eigenvalue weighted by Crippen LogP contribution is -2.45. The highest BCUT2D eigenvalue weighted by Crippen LogP contribution is 2.39. The van der Waals surface area contributed by atoms with Gasteiger partial charge in [0.1, 0.15) is 11.9 Å². The van der Waals surface area contributed by atoms with Crippen LogP contribution in [0.2, 0.25) is 5.02 Å². The molecular weight excluding hydrogens is 552 g/mol. The third-order valence-corrected chi connectivity index (χ3v) is 8.52. The number of carbonyl (C=O) groups is 1. The Balaban J connectivity index is 1.52. The van der Waals surface area contributed by atoms with Gasteiger partial charge in [0.25, 0.3) is 0 Å². The van der Waals surface area contributed by atoms with Crippen LogP contribution in [-0.2, 0) is 19.4 Å². The van der Waals surface area contributed by atoms with Crippen LogP contribution in [0.3, 0.4) is 0 Å². The number of halogens is 3. The Hall–Kier alpha value is -2.60. The number of carbonyl (C=O) groups excluding carboxylic acids is 1. The van der Waals surface area contributed by atoms with Crippen LogP contribution in [0.4, 0.5) is 8.78 Å². The molecule has 0 aliphatic heterocycles. The first kappa shape index (κ1) is 27.9. The average Bonchev–Trinajstić information content (AvgIpc) is 3.23. The highest BCUT2D eigenvalue weighted by molar-refractivity contribution is 7.80. The minimum atomic E-state index is -4.55. The summed E-state index contributed by atoms with van der Waals surface area (Å²) in [6.07, 6.45) is 5.59. The predicted octanol–water partition coefficient (Wildman–Crippen LogP) is 6.00. The lowest BCUT2D eigenvalue weighted by Gasteiger charge is -2.34. The van der Waals surface area contributed by atoms with Gasteiger partial charge in [-0.1, -0.05) is 30.9 Å². The van der Waals surface area contributed by atoms with E-state index >= 15 is 0 Å². The molecule has 0 spiro atoms. The van der Waals surface area contributed by atoms with E-state index in [-0.39, 0.29) is 23.4 Å². The summed E-state index contributed by atoms with van der Waals surface area (Å²) in [6.45, 7) is 0. The van der Waals surface area contributed by atoms with Crippen molar-refractivity contribution in [1.82, 2.24) is 14.9 Å². The molecule has 8 nitrogen and oxygen atoms in total. The lowest BCUT2D eigenvalue weighted by atomic mass is 9.82. The Labute approximate surface area is 230 Å². The molecule has 0 saturated heterocycles. The maximum atomic E-state index is 14.5. The third-order valence-electron chi connectivity index (χ3n) is 7.76. The number of benzene rings is 2. The summed E-state index contributed by atoms with van der Waals surface area (Å²) in [5.41, 5.74) is 1.23. The molecule has 39 heavy (non-hydrogen) atoms. The van der Waals surface area contributed by atoms with Gasteiger partial charge < -0.3 is 9.88 Å². The second-order valence-corrected chi connectivity index (χ2v) is 11.9. The van der Waals surface area contributed by atoms with Crippen LogP contribution in [0.25, 0.3) is 22.4 Å². The summed E-state index contributed by atoms with van der Waals surface area (Å²) >= 11 is 6.10. The largest absolute Gasteiger partial charge is 0.397 e. The fraction of sp³-hybridized carbons (Fsp3) is 0.481. The number of hydrogen-bond acceptors (Lipinski definition) is 5. The Bertz CT molecular complexity index is 1450. The summed E-state index contributed by atoms with van der Waals surface area (Å²) in [6, 6.07) is 8.11. The maximum absolute atomic E-state index is 14.5. The van der Waals surface area contributed by atoms with Gasteiger partial charge in [-0.05, 0) is 68.7 Å². The molecule has 1 amide bonds. The summed E-state index contributed by atoms with van der Waals surface area (Å²) < 4.78 is 66.3. The molecule has 1 atom stereocenters. The molecule has 2 saturated carbocycles. The number of rotatable bonds is 7. The molecule has 1 heterocycles. The van der Waals surface area contributed by atoms with Crippen LogP contribution in [0.15, 0.2) is 36.4 Å². The molecule has 12 heteroatoms. The van der Waals surface area contributed by atoms with Crippen molar-refractivity contribution in [1.29, 1.82) is 0 Å². The molecule has 3 aromatic rings. The first-order valence-electron chi connectivity index (χ1n) is 13.2. The Kier molecular flexibility index (Phi) is 8.23. The standard InChI is InChI=1S/C27H30ClF2N3O5S/c28-18-8-6-17(7-9-18)26-32-23-14-21(29)22(30)15-24(23)33(26)25(16-4-2-1-3-5-16)27(34)31-19-10-12-20(13-11-19)38-39(35,36)37/h6-9,14-16,19-20,25H,1-5,10-13H2,(H,31,34)(H,35,36,37)/t19?,20?,25-/m0/s1. The SMILES string of the molecule is O=C(NC1CCC(OS(=O)(=O)O)CC1)[C@H](C1CCCCC1)n1c(-c2ccc(Cl)cc2)nc2cc(F)c(F)cc21. The van der Waals surface area contributed by atoms with Gasteiger partial charge in [-0.25, -0.2) is 17.9 Å². The molecule has 210 valence electrons. The normalized spacial score (nSPS) is 21.6. The summed E-state index contributed by atoms with van der Waals surface area (Å²) in [4.78, 5) is 18.7. The third kappa shape index (κ3) is 6.42. The van der Waals surface area contributed by atoms with Gasteiger partial charge in [-0.15, -0.1) is 0 Å². The van der Waals surface area contributed by atoms with Gasteiger partial charge in [0.15, 0.2) is 11.6 Å². The predicted molar refractivity (Wildman–Crippen MR) is 143 cm³/mol. The highest BCUT2D eigenvalue weighted by atomic mass is 35.5. The van der Waals surface area contributed by atoms with Crippen LogP contribution < -0.4 is 5.32 Å². The number of fused-ring (bicyclic) bond motifs is 1. The van der Waals surface area contributed by atoms with E-state index in [1.165, 1.54) is 0 Å². The molecule has 1 aromatic heterocycles. The monoisotopic (exact) mass is 581 g/mol. The van der Waals surface area contributed by atoms with Crippen molar-refractivity contribution >= 4 is 38.9 Å². The number of hydrogen-bond donors (Lipinski definition) is 2. The van der Waals surface area contributed by atoms with Crippen LogP contribution in [0.5, 0.6) is 0 Å². The summed E-state index contributed by atoms with van der Waals surface area (Å²) in [5, 5.41) is 3.64. The maximum Gasteiger partial charge on any atom is 0.397 e. The van der Waals surface area contributed by atoms with Crippen LogP contribution >= 0.6 is 11.6 Å². The van der Waals surface area contributed by atoms with E-state index in [4.69, 9.17) is 20.3 Å². The molecule has 2 aliphatic carbocycles. The number of aromatic nitrogens is 2. The highest BCUT2D eigenvalue weighted by Gasteiger charge is 2.36. The number of imidazole rings is 1. The van der Waals surface area contributed by atoms with Crippen LogP contribution in [-0.4, -0.2) is 40.6 Å². The van der Waals surface area contributed by atoms with E-state index in [1.807, 2.05) is 0 Å². The molecule has 0 bridgehead atoms. The molecule has 0 unspecified atom stereocenters. The van der Waals surface area contributed by atoms with Gasteiger partial charge in [0.05, 0.1) is 17.1 Å². The minimum absolute atomic E-state index is 0.0467. The van der Waals surface area contributed by atoms with Crippen LogP contribution in [0, 0.1) is 17.6 Å². The minimum Gasteiger partial charge on any atom is -0.352 e. The smallest absolute Gasteiger partial charge is 0.352 e. The summed E-state index contributed by atoms with van der Waals surface area (Å²) in [7, 11) is -4.55. The van der Waals surface area contributed by atoms with E-state index in [1.54, 1.807) is 28.8 Å². The van der Waals surface area contributed by atoms with Crippen molar-refractivity contribution in [3.8, 4) is 11.4 Å². The van der Waals surface area contributed by atoms with Gasteiger partial charge in [0.2, 0.25) is 5.91 Å². The van der Waals surface area contributed by atoms with Gasteiger partial charge >= 0.3 is 10.4 Å². The zero-order valence-corrected chi connectivity index (χ0v) is 22.7. The second kappa shape index (κ2) is 11.5. The molecule has 2 N–H and O–H groups in total. The van der Waals surface area contributed by atoms with Gasteiger partial charge in [-0.2, -0.15) is 8.42 Å². The van der Waals surface area contributed by atoms with Crippen LogP contribution in [0.1, 0.15) is 63.8 Å². The second-order valence-electron chi connectivity index (χ2n) is 10.4. The Morgan fingerprint density at radius 2 is 1.67 bits per heavy atom. The zero-order chi connectivity index (χ0) is 27.7. The van der Waals surface area contributed by atoms with E-state index < -0.39 is 34.2 Å². The van der Waals surface area contributed by atoms with E-state index in [2.05, 4.69) is 10.3 Å². The molecule has 5 rings (SSSR count). The van der Waals surface area contributed by atoms with Crippen molar-refractivity contribution in [2.24, 2.45) is 5.92 Å². The fourth-order valence-corrected chi connectivity index (χ4v) is 6.59. The first-order valence-corrected chi connectivity index (χ1v) is 14.9. The lowest BCUT2D eigenvalue weighted by molar-refractivity contribution is -0.127. The van der Waals surface area contributed by atoms with Crippen molar-refractivity contribution in [2.75, 3.05) is 0 Å². The average molecular weight is 582 g/mol. The van der Waals surface area contributed by atoms with Gasteiger partial charge in [0, 0.05) is 28.8 Å². The van der Waals surface area contributed by atoms with E-state index in [0.717, 1.165) is 44.2 Å². The van der Waals surface area contributed by atoms with Crippen molar-refractivity contribution in [2.45, 2.75) is 76.0 Å². The molecule has 2 fully saturated rings. The molecule has 0 radical (unpaired) electrons. The number of amides is 1. The fourth-order valence-electron chi connectivity index (χ4n) is 5.93. The Morgan fingerprint density at radius 3 is 2.31 bits per heavy atom. The van der Waals surface area contributed by atoms with Crippen molar-refractivity contribution in [3.63, 3.8) is 0 Å². The first-order chi connectivity index (χ1) is 18.6. The molecule has 2 aliphatic rings. The molecular formula is C27H30ClF2N3O5S.